The fourth-order valence-corrected chi connectivity index (χ4v) is 3.08. The van der Waals surface area contributed by atoms with Crippen molar-refractivity contribution in [1.82, 2.24) is 4.90 Å². The van der Waals surface area contributed by atoms with Crippen LogP contribution in [0, 0.1) is 5.92 Å². The number of carbonyl (C=O) groups excluding carboxylic acids is 2. The lowest BCUT2D eigenvalue weighted by molar-refractivity contribution is -0.142. The quantitative estimate of drug-likeness (QED) is 0.590. The van der Waals surface area contributed by atoms with E-state index in [0.29, 0.717) is 11.5 Å². The molecule has 0 aromatic heterocycles. The molecule has 4 heteroatoms. The van der Waals surface area contributed by atoms with Gasteiger partial charge in [0.15, 0.2) is 0 Å². The third-order valence-electron chi connectivity index (χ3n) is 4.43. The molecular formula is C17H29NO3. The first-order valence-electron chi connectivity index (χ1n) is 7.68. The van der Waals surface area contributed by atoms with Crippen molar-refractivity contribution in [2.24, 2.45) is 5.92 Å². The van der Waals surface area contributed by atoms with Gasteiger partial charge in [-0.3, -0.25) is 9.59 Å². The summed E-state index contributed by atoms with van der Waals surface area (Å²) >= 11 is 0. The van der Waals surface area contributed by atoms with Gasteiger partial charge in [0.05, 0.1) is 13.5 Å². The van der Waals surface area contributed by atoms with Crippen LogP contribution < -0.4 is 0 Å². The molecule has 0 N–H and O–H groups in total. The van der Waals surface area contributed by atoms with Crippen LogP contribution in [0.5, 0.6) is 0 Å². The van der Waals surface area contributed by atoms with Gasteiger partial charge in [0.2, 0.25) is 0 Å². The molecule has 120 valence electrons. The van der Waals surface area contributed by atoms with E-state index in [-0.39, 0.29) is 29.9 Å². The zero-order valence-electron chi connectivity index (χ0n) is 14.4. The number of hydrogen-bond acceptors (Lipinski definition) is 3. The SMILES string of the molecule is COC(=O)CC(C(=O)N1[C@H](C(C)C)CCC1(C)C)=C(C)C. The van der Waals surface area contributed by atoms with Gasteiger partial charge in [-0.15, -0.1) is 0 Å². The van der Waals surface area contributed by atoms with Crippen molar-refractivity contribution < 1.29 is 14.3 Å². The maximum Gasteiger partial charge on any atom is 0.310 e. The van der Waals surface area contributed by atoms with E-state index in [0.717, 1.165) is 18.4 Å². The lowest BCUT2D eigenvalue weighted by atomic mass is 9.98. The van der Waals surface area contributed by atoms with E-state index < -0.39 is 0 Å². The summed E-state index contributed by atoms with van der Waals surface area (Å²) in [5, 5.41) is 0. The molecule has 0 aromatic carbocycles. The lowest BCUT2D eigenvalue weighted by Gasteiger charge is -2.38. The highest BCUT2D eigenvalue weighted by atomic mass is 16.5. The monoisotopic (exact) mass is 295 g/mol. The Morgan fingerprint density at radius 1 is 1.29 bits per heavy atom. The highest BCUT2D eigenvalue weighted by Crippen LogP contribution is 2.38. The zero-order chi connectivity index (χ0) is 16.4. The van der Waals surface area contributed by atoms with Crippen LogP contribution in [0.2, 0.25) is 0 Å². The lowest BCUT2D eigenvalue weighted by Crippen LogP contribution is -2.49. The second-order valence-corrected chi connectivity index (χ2v) is 7.07. The first-order valence-corrected chi connectivity index (χ1v) is 7.68. The van der Waals surface area contributed by atoms with Gasteiger partial charge in [-0.1, -0.05) is 19.4 Å². The molecule has 0 unspecified atom stereocenters. The molecule has 0 aromatic rings. The van der Waals surface area contributed by atoms with Gasteiger partial charge >= 0.3 is 5.97 Å². The normalized spacial score (nSPS) is 20.6. The molecule has 0 spiro atoms. The molecule has 1 rings (SSSR count). The number of allylic oxidation sites excluding steroid dienone is 1. The molecule has 1 aliphatic rings. The van der Waals surface area contributed by atoms with E-state index in [4.69, 9.17) is 4.74 Å². The largest absolute Gasteiger partial charge is 0.469 e. The predicted molar refractivity (Wildman–Crippen MR) is 83.8 cm³/mol. The van der Waals surface area contributed by atoms with Crippen molar-refractivity contribution in [3.63, 3.8) is 0 Å². The maximum atomic E-state index is 13.0. The average molecular weight is 295 g/mol. The first-order chi connectivity index (χ1) is 9.61. The van der Waals surface area contributed by atoms with Crippen LogP contribution in [-0.4, -0.2) is 35.5 Å². The summed E-state index contributed by atoms with van der Waals surface area (Å²) in [5.74, 6) is 0.0338. The van der Waals surface area contributed by atoms with Crippen molar-refractivity contribution in [2.45, 2.75) is 72.4 Å². The Bertz CT molecular complexity index is 445. The minimum atomic E-state index is -0.363. The second kappa shape index (κ2) is 6.63. The summed E-state index contributed by atoms with van der Waals surface area (Å²) in [5.41, 5.74) is 1.29. The highest BCUT2D eigenvalue weighted by Gasteiger charge is 2.44. The standard InChI is InChI=1S/C17H29NO3/c1-11(2)13(10-15(19)21-7)16(20)18-14(12(3)4)8-9-17(18,5)6/h12,14H,8-10H2,1-7H3/t14-/m0/s1. The number of esters is 1. The topological polar surface area (TPSA) is 46.6 Å². The van der Waals surface area contributed by atoms with Crippen LogP contribution in [-0.2, 0) is 14.3 Å². The molecule has 1 amide bonds. The Labute approximate surface area is 128 Å². The van der Waals surface area contributed by atoms with E-state index in [1.165, 1.54) is 7.11 Å². The molecule has 4 nitrogen and oxygen atoms in total. The molecule has 0 bridgehead atoms. The summed E-state index contributed by atoms with van der Waals surface area (Å²) in [6.07, 6.45) is 2.07. The summed E-state index contributed by atoms with van der Waals surface area (Å²) in [6, 6.07) is 0.236. The molecule has 1 saturated heterocycles. The van der Waals surface area contributed by atoms with E-state index in [9.17, 15) is 9.59 Å². The summed E-state index contributed by atoms with van der Waals surface area (Å²) in [7, 11) is 1.35. The molecule has 1 fully saturated rings. The minimum absolute atomic E-state index is 0.0124. The molecule has 0 radical (unpaired) electrons. The highest BCUT2D eigenvalue weighted by molar-refractivity contribution is 5.99. The number of amides is 1. The Morgan fingerprint density at radius 2 is 1.86 bits per heavy atom. The Morgan fingerprint density at radius 3 is 2.29 bits per heavy atom. The van der Waals surface area contributed by atoms with Gasteiger partial charge in [0.1, 0.15) is 0 Å². The number of methoxy groups -OCH3 is 1. The van der Waals surface area contributed by atoms with Crippen molar-refractivity contribution in [1.29, 1.82) is 0 Å². The fourth-order valence-electron chi connectivity index (χ4n) is 3.08. The van der Waals surface area contributed by atoms with Gasteiger partial charge < -0.3 is 9.64 Å². The van der Waals surface area contributed by atoms with Gasteiger partial charge in [-0.25, -0.2) is 0 Å². The van der Waals surface area contributed by atoms with Crippen LogP contribution in [0.3, 0.4) is 0 Å². The van der Waals surface area contributed by atoms with Crippen LogP contribution in [0.1, 0.15) is 60.8 Å². The smallest absolute Gasteiger partial charge is 0.310 e. The third kappa shape index (κ3) is 3.86. The first kappa shape index (κ1) is 17.7. The molecule has 1 heterocycles. The van der Waals surface area contributed by atoms with Crippen LogP contribution >= 0.6 is 0 Å². The molecular weight excluding hydrogens is 266 g/mol. The van der Waals surface area contributed by atoms with Crippen LogP contribution in [0.25, 0.3) is 0 Å². The van der Waals surface area contributed by atoms with E-state index in [2.05, 4.69) is 27.7 Å². The van der Waals surface area contributed by atoms with Crippen LogP contribution in [0.15, 0.2) is 11.1 Å². The maximum absolute atomic E-state index is 13.0. The number of ether oxygens (including phenoxy) is 1. The number of rotatable bonds is 4. The van der Waals surface area contributed by atoms with E-state index >= 15 is 0 Å². The second-order valence-electron chi connectivity index (χ2n) is 7.07. The fraction of sp³-hybridized carbons (Fsp3) is 0.765. The van der Waals surface area contributed by atoms with Gasteiger partial charge in [0, 0.05) is 17.2 Å². The van der Waals surface area contributed by atoms with Gasteiger partial charge in [0.25, 0.3) is 5.91 Å². The Hall–Kier alpha value is -1.32. The van der Waals surface area contributed by atoms with Crippen molar-refractivity contribution in [2.75, 3.05) is 7.11 Å². The number of nitrogens with zero attached hydrogens (tertiary/aromatic N) is 1. The third-order valence-corrected chi connectivity index (χ3v) is 4.43. The van der Waals surface area contributed by atoms with Crippen molar-refractivity contribution >= 4 is 11.9 Å². The van der Waals surface area contributed by atoms with Gasteiger partial charge in [-0.2, -0.15) is 0 Å². The average Bonchev–Trinajstić information content (AvgIpc) is 2.70. The molecule has 0 aliphatic carbocycles. The Balaban J connectivity index is 3.12. The summed E-state index contributed by atoms with van der Waals surface area (Å²) < 4.78 is 4.73. The Kier molecular flexibility index (Phi) is 5.60. The van der Waals surface area contributed by atoms with E-state index in [1.807, 2.05) is 18.7 Å². The van der Waals surface area contributed by atoms with Crippen LogP contribution in [0.4, 0.5) is 0 Å². The minimum Gasteiger partial charge on any atom is -0.469 e. The number of likely N-dealkylation sites (tertiary alicyclic amines) is 1. The molecule has 0 saturated carbocycles. The van der Waals surface area contributed by atoms with Gasteiger partial charge in [-0.05, 0) is 46.5 Å². The zero-order valence-corrected chi connectivity index (χ0v) is 14.4. The molecule has 21 heavy (non-hydrogen) atoms. The predicted octanol–water partition coefficient (Wildman–Crippen LogP) is 3.31. The number of carbonyl (C=O) groups is 2. The van der Waals surface area contributed by atoms with E-state index in [1.54, 1.807) is 0 Å². The number of hydrogen-bond donors (Lipinski definition) is 0. The summed E-state index contributed by atoms with van der Waals surface area (Å²) in [4.78, 5) is 26.6. The molecule has 1 atom stereocenters. The summed E-state index contributed by atoms with van der Waals surface area (Å²) in [6.45, 7) is 12.3. The van der Waals surface area contributed by atoms with Crippen molar-refractivity contribution in [3.8, 4) is 0 Å². The van der Waals surface area contributed by atoms with Crippen molar-refractivity contribution in [3.05, 3.63) is 11.1 Å². The molecule has 1 aliphatic heterocycles.